The molecule has 0 fully saturated rings. The first kappa shape index (κ1) is 18.8. The summed E-state index contributed by atoms with van der Waals surface area (Å²) in [5.74, 6) is -0.348. The van der Waals surface area contributed by atoms with Gasteiger partial charge in [0.25, 0.3) is 0 Å². The third-order valence-electron chi connectivity index (χ3n) is 3.35. The van der Waals surface area contributed by atoms with E-state index in [4.69, 9.17) is 4.74 Å². The van der Waals surface area contributed by atoms with Crippen molar-refractivity contribution in [3.8, 4) is 0 Å². The van der Waals surface area contributed by atoms with Gasteiger partial charge in [0.2, 0.25) is 11.8 Å². The number of rotatable bonds is 9. The van der Waals surface area contributed by atoms with Crippen LogP contribution in [0.25, 0.3) is 0 Å². The van der Waals surface area contributed by atoms with Crippen molar-refractivity contribution in [2.24, 2.45) is 0 Å². The van der Waals surface area contributed by atoms with Gasteiger partial charge >= 0.3 is 0 Å². The van der Waals surface area contributed by atoms with Crippen molar-refractivity contribution in [3.63, 3.8) is 0 Å². The number of nitrogens with zero attached hydrogens (tertiary/aromatic N) is 1. The average Bonchev–Trinajstić information content (AvgIpc) is 2.51. The minimum Gasteiger partial charge on any atom is -0.385 e. The maximum Gasteiger partial charge on any atom is 0.223 e. The fourth-order valence-corrected chi connectivity index (χ4v) is 2.11. The van der Waals surface area contributed by atoms with Crippen molar-refractivity contribution in [1.29, 1.82) is 0 Å². The zero-order valence-electron chi connectivity index (χ0n) is 13.9. The van der Waals surface area contributed by atoms with Crippen molar-refractivity contribution in [3.05, 3.63) is 29.8 Å². The summed E-state index contributed by atoms with van der Waals surface area (Å²) in [5, 5.41) is 2.78. The second-order valence-corrected chi connectivity index (χ2v) is 5.22. The highest BCUT2D eigenvalue weighted by molar-refractivity contribution is 5.97. The van der Waals surface area contributed by atoms with E-state index in [0.717, 1.165) is 6.42 Å². The number of carbonyl (C=O) groups is 3. The van der Waals surface area contributed by atoms with Crippen LogP contribution in [-0.2, 0) is 14.3 Å². The van der Waals surface area contributed by atoms with Gasteiger partial charge in [-0.05, 0) is 25.5 Å². The van der Waals surface area contributed by atoms with Crippen LogP contribution in [0.2, 0.25) is 0 Å². The van der Waals surface area contributed by atoms with E-state index in [-0.39, 0.29) is 30.6 Å². The molecule has 6 heteroatoms. The van der Waals surface area contributed by atoms with E-state index >= 15 is 0 Å². The summed E-state index contributed by atoms with van der Waals surface area (Å²) in [7, 11) is 1.61. The van der Waals surface area contributed by atoms with Crippen LogP contribution < -0.4 is 10.2 Å². The lowest BCUT2D eigenvalue weighted by molar-refractivity contribution is -0.121. The van der Waals surface area contributed by atoms with Gasteiger partial charge in [0.05, 0.1) is 0 Å². The lowest BCUT2D eigenvalue weighted by atomic mass is 10.1. The van der Waals surface area contributed by atoms with Gasteiger partial charge in [-0.15, -0.1) is 0 Å². The number of hydrogen-bond donors (Lipinski definition) is 1. The van der Waals surface area contributed by atoms with Gasteiger partial charge in [0.1, 0.15) is 0 Å². The van der Waals surface area contributed by atoms with Gasteiger partial charge in [-0.1, -0.05) is 12.1 Å². The van der Waals surface area contributed by atoms with Crippen LogP contribution in [0.5, 0.6) is 0 Å². The molecule has 0 atom stereocenters. The monoisotopic (exact) mass is 320 g/mol. The molecular weight excluding hydrogens is 296 g/mol. The van der Waals surface area contributed by atoms with E-state index in [1.165, 1.54) is 18.7 Å². The molecule has 0 saturated carbocycles. The zero-order valence-corrected chi connectivity index (χ0v) is 13.9. The molecular formula is C17H24N2O4. The molecule has 1 N–H and O–H groups in total. The van der Waals surface area contributed by atoms with Gasteiger partial charge in [0, 0.05) is 51.4 Å². The van der Waals surface area contributed by atoms with Crippen molar-refractivity contribution < 1.29 is 19.1 Å². The lowest BCUT2D eigenvalue weighted by Gasteiger charge is -2.21. The predicted octanol–water partition coefficient (Wildman–Crippen LogP) is 1.78. The molecule has 0 spiro atoms. The van der Waals surface area contributed by atoms with E-state index in [0.29, 0.717) is 24.4 Å². The number of hydrogen-bond acceptors (Lipinski definition) is 4. The number of nitrogens with one attached hydrogen (secondary N) is 1. The molecule has 0 heterocycles. The van der Waals surface area contributed by atoms with Gasteiger partial charge in [0.15, 0.2) is 5.78 Å². The molecule has 2 amide bonds. The van der Waals surface area contributed by atoms with Crippen LogP contribution in [0.1, 0.15) is 37.0 Å². The number of benzene rings is 1. The Hall–Kier alpha value is -2.21. The largest absolute Gasteiger partial charge is 0.385 e. The molecule has 6 nitrogen and oxygen atoms in total. The van der Waals surface area contributed by atoms with E-state index < -0.39 is 0 Å². The molecule has 0 aromatic heterocycles. The maximum absolute atomic E-state index is 11.8. The lowest BCUT2D eigenvalue weighted by Crippen LogP contribution is -2.34. The molecule has 0 aliphatic carbocycles. The molecule has 0 radical (unpaired) electrons. The summed E-state index contributed by atoms with van der Waals surface area (Å²) < 4.78 is 4.91. The summed E-state index contributed by atoms with van der Waals surface area (Å²) >= 11 is 0. The molecule has 23 heavy (non-hydrogen) atoms. The topological polar surface area (TPSA) is 75.7 Å². The Morgan fingerprint density at radius 1 is 1.22 bits per heavy atom. The molecule has 0 aliphatic rings. The Kier molecular flexibility index (Phi) is 7.97. The predicted molar refractivity (Wildman–Crippen MR) is 88.6 cm³/mol. The number of anilines is 1. The first-order valence-electron chi connectivity index (χ1n) is 7.60. The first-order valence-corrected chi connectivity index (χ1v) is 7.60. The molecule has 0 unspecified atom stereocenters. The fraction of sp³-hybridized carbons (Fsp3) is 0.471. The second-order valence-electron chi connectivity index (χ2n) is 5.22. The Labute approximate surface area is 136 Å². The van der Waals surface area contributed by atoms with Gasteiger partial charge < -0.3 is 15.0 Å². The minimum atomic E-state index is -0.169. The van der Waals surface area contributed by atoms with E-state index in [1.54, 1.807) is 31.4 Å². The third-order valence-corrected chi connectivity index (χ3v) is 3.35. The highest BCUT2D eigenvalue weighted by Gasteiger charge is 2.14. The SMILES string of the molecule is COCCCNC(=O)CCN(C(C)=O)c1cccc(C(C)=O)c1. The van der Waals surface area contributed by atoms with Crippen LogP contribution in [0.15, 0.2) is 24.3 Å². The van der Waals surface area contributed by atoms with Crippen molar-refractivity contribution in [2.75, 3.05) is 31.7 Å². The number of methoxy groups -OCH3 is 1. The molecule has 1 aromatic carbocycles. The standard InChI is InChI=1S/C17H24N2O4/c1-13(20)15-6-4-7-16(12-15)19(14(2)21)10-8-17(22)18-9-5-11-23-3/h4,6-7,12H,5,8-11H2,1-3H3,(H,18,22). The number of amides is 2. The van der Waals surface area contributed by atoms with Gasteiger partial charge in [-0.3, -0.25) is 14.4 Å². The average molecular weight is 320 g/mol. The molecule has 1 rings (SSSR count). The molecule has 126 valence electrons. The van der Waals surface area contributed by atoms with Crippen LogP contribution in [0.3, 0.4) is 0 Å². The quantitative estimate of drug-likeness (QED) is 0.556. The summed E-state index contributed by atoms with van der Waals surface area (Å²) in [4.78, 5) is 36.6. The first-order chi connectivity index (χ1) is 11.0. The van der Waals surface area contributed by atoms with Crippen LogP contribution >= 0.6 is 0 Å². The Morgan fingerprint density at radius 3 is 2.57 bits per heavy atom. The summed E-state index contributed by atoms with van der Waals surface area (Å²) in [6, 6.07) is 6.85. The van der Waals surface area contributed by atoms with Crippen molar-refractivity contribution in [2.45, 2.75) is 26.7 Å². The second kappa shape index (κ2) is 9.74. The fourth-order valence-electron chi connectivity index (χ4n) is 2.11. The van der Waals surface area contributed by atoms with E-state index in [9.17, 15) is 14.4 Å². The number of carbonyl (C=O) groups excluding carboxylic acids is 3. The smallest absolute Gasteiger partial charge is 0.223 e. The van der Waals surface area contributed by atoms with Crippen molar-refractivity contribution in [1.82, 2.24) is 5.32 Å². The summed E-state index contributed by atoms with van der Waals surface area (Å²) in [6.45, 7) is 4.33. The van der Waals surface area contributed by atoms with E-state index in [1.807, 2.05) is 0 Å². The van der Waals surface area contributed by atoms with E-state index in [2.05, 4.69) is 5.32 Å². The molecule has 0 aliphatic heterocycles. The molecule has 1 aromatic rings. The number of ketones is 1. The maximum atomic E-state index is 11.8. The number of Topliss-reactive ketones (excluding diaryl/α,β-unsaturated/α-hetero) is 1. The Bertz CT molecular complexity index is 557. The molecule has 0 saturated heterocycles. The van der Waals surface area contributed by atoms with Gasteiger partial charge in [-0.2, -0.15) is 0 Å². The van der Waals surface area contributed by atoms with Crippen LogP contribution in [0.4, 0.5) is 5.69 Å². The Morgan fingerprint density at radius 2 is 1.96 bits per heavy atom. The summed E-state index contributed by atoms with van der Waals surface area (Å²) in [5.41, 5.74) is 1.16. The highest BCUT2D eigenvalue weighted by atomic mass is 16.5. The minimum absolute atomic E-state index is 0.0637. The van der Waals surface area contributed by atoms with Crippen molar-refractivity contribution >= 4 is 23.3 Å². The normalized spacial score (nSPS) is 10.2. The molecule has 0 bridgehead atoms. The van der Waals surface area contributed by atoms with Crippen LogP contribution in [-0.4, -0.2) is 44.4 Å². The van der Waals surface area contributed by atoms with Gasteiger partial charge in [-0.25, -0.2) is 0 Å². The third kappa shape index (κ3) is 6.61. The Balaban J connectivity index is 2.62. The highest BCUT2D eigenvalue weighted by Crippen LogP contribution is 2.17. The van der Waals surface area contributed by atoms with Crippen LogP contribution in [0, 0.1) is 0 Å². The zero-order chi connectivity index (χ0) is 17.2. The summed E-state index contributed by atoms with van der Waals surface area (Å²) in [6.07, 6.45) is 0.955. The number of ether oxygens (including phenoxy) is 1.